The number of thiophene rings is 1. The van der Waals surface area contributed by atoms with Crippen molar-refractivity contribution in [2.45, 2.75) is 6.10 Å². The number of pyridine rings is 1. The maximum atomic E-state index is 9.65. The Morgan fingerprint density at radius 3 is 2.62 bits per heavy atom. The number of rotatable bonds is 5. The predicted molar refractivity (Wildman–Crippen MR) is 111 cm³/mol. The summed E-state index contributed by atoms with van der Waals surface area (Å²) in [4.78, 5) is 5.92. The number of para-hydroxylation sites is 1. The number of hydrogen-bond donors (Lipinski definition) is 3. The molecule has 0 radical (unpaired) electrons. The van der Waals surface area contributed by atoms with Crippen molar-refractivity contribution < 1.29 is 10.2 Å². The van der Waals surface area contributed by atoms with E-state index in [9.17, 15) is 5.11 Å². The van der Waals surface area contributed by atoms with Gasteiger partial charge in [-0.05, 0) is 29.7 Å². The zero-order valence-electron chi connectivity index (χ0n) is 13.9. The fourth-order valence-electron chi connectivity index (χ4n) is 2.85. The highest BCUT2D eigenvalue weighted by atomic mass is 35.5. The molecule has 6 heteroatoms. The van der Waals surface area contributed by atoms with E-state index in [1.54, 1.807) is 11.3 Å². The molecule has 0 aliphatic rings. The standard InChI is InChI=1S/C20H18N2O2S.ClH/c23-12-14(24)11-21-17-10-18(22-16-7-3-2-6-15(16)17)20-9-13-5-1-4-8-19(13)25-20;/h1-10,14,23-24H,11-12H2,(H,21,22);1H/t14-;/m0./s1. The monoisotopic (exact) mass is 386 g/mol. The zero-order chi connectivity index (χ0) is 17.2. The Morgan fingerprint density at radius 2 is 1.81 bits per heavy atom. The molecule has 2 aromatic carbocycles. The zero-order valence-corrected chi connectivity index (χ0v) is 15.6. The molecule has 0 saturated carbocycles. The van der Waals surface area contributed by atoms with Crippen LogP contribution in [0.3, 0.4) is 0 Å². The lowest BCUT2D eigenvalue weighted by atomic mass is 10.1. The number of aliphatic hydroxyl groups is 2. The van der Waals surface area contributed by atoms with E-state index in [1.807, 2.05) is 42.5 Å². The Labute approximate surface area is 161 Å². The summed E-state index contributed by atoms with van der Waals surface area (Å²) in [7, 11) is 0. The van der Waals surface area contributed by atoms with Gasteiger partial charge >= 0.3 is 0 Å². The maximum Gasteiger partial charge on any atom is 0.0942 e. The van der Waals surface area contributed by atoms with Gasteiger partial charge in [0.1, 0.15) is 0 Å². The number of nitrogens with zero attached hydrogens (tertiary/aromatic N) is 1. The van der Waals surface area contributed by atoms with Crippen molar-refractivity contribution >= 4 is 50.4 Å². The van der Waals surface area contributed by atoms with Crippen molar-refractivity contribution in [3.63, 3.8) is 0 Å². The van der Waals surface area contributed by atoms with Gasteiger partial charge < -0.3 is 15.5 Å². The summed E-state index contributed by atoms with van der Waals surface area (Å²) in [5.74, 6) is 0. The van der Waals surface area contributed by atoms with Crippen molar-refractivity contribution in [1.29, 1.82) is 0 Å². The number of benzene rings is 2. The minimum atomic E-state index is -0.792. The summed E-state index contributed by atoms with van der Waals surface area (Å²) < 4.78 is 1.23. The predicted octanol–water partition coefficient (Wildman–Crippen LogP) is 4.30. The first kappa shape index (κ1) is 18.6. The second-order valence-electron chi connectivity index (χ2n) is 5.94. The Morgan fingerprint density at radius 1 is 1.04 bits per heavy atom. The average molecular weight is 387 g/mol. The largest absolute Gasteiger partial charge is 0.394 e. The number of anilines is 1. The molecule has 0 spiro atoms. The van der Waals surface area contributed by atoms with Gasteiger partial charge in [-0.1, -0.05) is 36.4 Å². The molecule has 0 saturated heterocycles. The lowest BCUT2D eigenvalue weighted by molar-refractivity contribution is 0.105. The van der Waals surface area contributed by atoms with Crippen LogP contribution in [0.15, 0.2) is 60.7 Å². The molecule has 3 N–H and O–H groups in total. The minimum Gasteiger partial charge on any atom is -0.394 e. The van der Waals surface area contributed by atoms with Gasteiger partial charge in [0, 0.05) is 22.3 Å². The van der Waals surface area contributed by atoms with Crippen LogP contribution >= 0.6 is 23.7 Å². The highest BCUT2D eigenvalue weighted by molar-refractivity contribution is 7.22. The second kappa shape index (κ2) is 8.01. The molecule has 1 atom stereocenters. The Kier molecular flexibility index (Phi) is 5.74. The van der Waals surface area contributed by atoms with Crippen LogP contribution in [0.1, 0.15) is 0 Å². The molecule has 2 heterocycles. The summed E-state index contributed by atoms with van der Waals surface area (Å²) >= 11 is 1.72. The van der Waals surface area contributed by atoms with Crippen molar-refractivity contribution in [1.82, 2.24) is 4.98 Å². The first-order valence-electron chi connectivity index (χ1n) is 8.16. The first-order chi connectivity index (χ1) is 12.2. The van der Waals surface area contributed by atoms with E-state index in [1.165, 1.54) is 10.1 Å². The lowest BCUT2D eigenvalue weighted by Gasteiger charge is -2.13. The number of hydrogen-bond acceptors (Lipinski definition) is 5. The molecule has 4 rings (SSSR count). The Bertz CT molecular complexity index is 1000. The second-order valence-corrected chi connectivity index (χ2v) is 7.02. The molecule has 26 heavy (non-hydrogen) atoms. The highest BCUT2D eigenvalue weighted by Crippen LogP contribution is 2.35. The van der Waals surface area contributed by atoms with Crippen LogP contribution in [0.4, 0.5) is 5.69 Å². The molecule has 0 amide bonds. The van der Waals surface area contributed by atoms with Gasteiger partial charge in [0.15, 0.2) is 0 Å². The molecule has 2 aromatic heterocycles. The van der Waals surface area contributed by atoms with Gasteiger partial charge in [-0.25, -0.2) is 4.98 Å². The van der Waals surface area contributed by atoms with Crippen LogP contribution in [0.2, 0.25) is 0 Å². The lowest BCUT2D eigenvalue weighted by Crippen LogP contribution is -2.23. The van der Waals surface area contributed by atoms with E-state index in [4.69, 9.17) is 10.1 Å². The van der Waals surface area contributed by atoms with Crippen LogP contribution in [0.5, 0.6) is 0 Å². The van der Waals surface area contributed by atoms with Gasteiger partial charge in [-0.2, -0.15) is 0 Å². The van der Waals surface area contributed by atoms with Gasteiger partial charge in [-0.15, -0.1) is 23.7 Å². The van der Waals surface area contributed by atoms with Crippen LogP contribution in [-0.4, -0.2) is 34.5 Å². The van der Waals surface area contributed by atoms with E-state index in [-0.39, 0.29) is 25.6 Å². The minimum absolute atomic E-state index is 0. The summed E-state index contributed by atoms with van der Waals surface area (Å²) in [6, 6.07) is 20.4. The smallest absolute Gasteiger partial charge is 0.0942 e. The first-order valence-corrected chi connectivity index (χ1v) is 8.98. The molecule has 4 nitrogen and oxygen atoms in total. The van der Waals surface area contributed by atoms with Crippen molar-refractivity contribution in [2.75, 3.05) is 18.5 Å². The van der Waals surface area contributed by atoms with Gasteiger partial charge in [-0.3, -0.25) is 0 Å². The SMILES string of the molecule is Cl.OC[C@@H](O)CNc1cc(-c2cc3ccccc3s2)nc2ccccc12. The summed E-state index contributed by atoms with van der Waals surface area (Å²) in [5.41, 5.74) is 2.71. The molecular formula is C20H19ClN2O2S. The topological polar surface area (TPSA) is 65.4 Å². The fourth-order valence-corrected chi connectivity index (χ4v) is 3.87. The quantitative estimate of drug-likeness (QED) is 0.478. The van der Waals surface area contributed by atoms with Crippen molar-refractivity contribution in [3.05, 3.63) is 60.7 Å². The van der Waals surface area contributed by atoms with Crippen LogP contribution in [-0.2, 0) is 0 Å². The highest BCUT2D eigenvalue weighted by Gasteiger charge is 2.11. The third-order valence-electron chi connectivity index (χ3n) is 4.13. The molecule has 0 unspecified atom stereocenters. The number of halogens is 1. The van der Waals surface area contributed by atoms with Crippen LogP contribution in [0, 0.1) is 0 Å². The third-order valence-corrected chi connectivity index (χ3v) is 5.27. The number of aliphatic hydroxyl groups excluding tert-OH is 2. The normalized spacial score (nSPS) is 12.1. The van der Waals surface area contributed by atoms with Crippen molar-refractivity contribution in [3.8, 4) is 10.6 Å². The molecule has 0 aliphatic carbocycles. The fraction of sp³-hybridized carbons (Fsp3) is 0.150. The van der Waals surface area contributed by atoms with E-state index in [0.717, 1.165) is 27.2 Å². The number of fused-ring (bicyclic) bond motifs is 2. The van der Waals surface area contributed by atoms with Crippen LogP contribution in [0.25, 0.3) is 31.6 Å². The van der Waals surface area contributed by atoms with E-state index < -0.39 is 6.10 Å². The molecule has 0 bridgehead atoms. The van der Waals surface area contributed by atoms with Gasteiger partial charge in [0.05, 0.1) is 28.8 Å². The van der Waals surface area contributed by atoms with Gasteiger partial charge in [0.25, 0.3) is 0 Å². The molecule has 0 fully saturated rings. The average Bonchev–Trinajstić information content (AvgIpc) is 3.09. The molecule has 0 aliphatic heterocycles. The van der Waals surface area contributed by atoms with Crippen molar-refractivity contribution in [2.24, 2.45) is 0 Å². The Balaban J connectivity index is 0.00000196. The summed E-state index contributed by atoms with van der Waals surface area (Å²) in [6.07, 6.45) is -0.792. The van der Waals surface area contributed by atoms with Gasteiger partial charge in [0.2, 0.25) is 0 Å². The Hall–Kier alpha value is -2.18. The summed E-state index contributed by atoms with van der Waals surface area (Å²) in [5, 5.41) is 24.1. The third kappa shape index (κ3) is 3.66. The van der Waals surface area contributed by atoms with Crippen LogP contribution < -0.4 is 5.32 Å². The van der Waals surface area contributed by atoms with E-state index >= 15 is 0 Å². The molecule has 134 valence electrons. The maximum absolute atomic E-state index is 9.65. The van der Waals surface area contributed by atoms with E-state index in [2.05, 4.69) is 23.5 Å². The molecule has 4 aromatic rings. The van der Waals surface area contributed by atoms with E-state index in [0.29, 0.717) is 0 Å². The number of aromatic nitrogens is 1. The number of nitrogens with one attached hydrogen (secondary N) is 1. The summed E-state index contributed by atoms with van der Waals surface area (Å²) in [6.45, 7) is 0.0234. The molecular weight excluding hydrogens is 368 g/mol.